The van der Waals surface area contributed by atoms with Crippen molar-refractivity contribution >= 4 is 57.5 Å². The molecule has 0 N–H and O–H groups in total. The SMILES string of the molecule is O=c1c2ccccc2c(=O)n2n1[C@H](c1ccccc1)[PH+](c1ccccc1[PH+]1[C@@H](c3ccccc3)n3c(=O)c4ccccc4c(=O)n3[C@@H]1c1ccccc1)[C@H]2c1ccccc1.[CH3-].[Cl][Pd+]. The number of aromatic nitrogens is 4. The number of fused-ring (bicyclic) bond motifs is 4. The molecule has 0 fully saturated rings. The molecule has 0 unspecified atom stereocenters. The van der Waals surface area contributed by atoms with Gasteiger partial charge in [0.2, 0.25) is 0 Å². The first-order valence-electron chi connectivity index (χ1n) is 20.2. The second-order valence-electron chi connectivity index (χ2n) is 15.4. The summed E-state index contributed by atoms with van der Waals surface area (Å²) in [5, 5.41) is 3.69. The Bertz CT molecular complexity index is 2940. The summed E-state index contributed by atoms with van der Waals surface area (Å²) in [5.74, 6) is -1.96. The molecule has 0 aliphatic carbocycles. The third-order valence-electron chi connectivity index (χ3n) is 12.2. The molecule has 4 atom stereocenters. The monoisotopic (exact) mass is 976 g/mol. The fourth-order valence-electron chi connectivity index (χ4n) is 9.79. The summed E-state index contributed by atoms with van der Waals surface area (Å²) in [5.41, 5.74) is 2.90. The summed E-state index contributed by atoms with van der Waals surface area (Å²) >= 11 is 2.22. The molecule has 12 heteroatoms. The maximum atomic E-state index is 15.0. The molecule has 2 aliphatic rings. The second-order valence-corrected chi connectivity index (χ2v) is 20.5. The van der Waals surface area contributed by atoms with Gasteiger partial charge in [-0.15, -0.1) is 0 Å². The molecule has 0 saturated carbocycles. The Hall–Kier alpha value is -5.77. The predicted molar refractivity (Wildman–Crippen MR) is 258 cm³/mol. The van der Waals surface area contributed by atoms with Crippen molar-refractivity contribution in [3.63, 3.8) is 0 Å². The molecule has 0 amide bonds. The zero-order chi connectivity index (χ0) is 42.5. The van der Waals surface area contributed by atoms with E-state index in [-0.39, 0.29) is 29.7 Å². The van der Waals surface area contributed by atoms with Gasteiger partial charge in [-0.05, 0) is 36.4 Å². The van der Waals surface area contributed by atoms with Gasteiger partial charge in [-0.3, -0.25) is 19.2 Å². The van der Waals surface area contributed by atoms with Gasteiger partial charge in [0.05, 0.1) is 37.4 Å². The quantitative estimate of drug-likeness (QED) is 0.0946. The molecule has 8 nitrogen and oxygen atoms in total. The Morgan fingerprint density at radius 2 is 0.508 bits per heavy atom. The molecule has 0 saturated heterocycles. The molecule has 4 heterocycles. The summed E-state index contributed by atoms with van der Waals surface area (Å²) in [6.07, 6.45) is 0. The van der Waals surface area contributed by atoms with E-state index in [2.05, 4.69) is 101 Å². The Morgan fingerprint density at radius 1 is 0.317 bits per heavy atom. The summed E-state index contributed by atoms with van der Waals surface area (Å²) < 4.78 is 6.98. The average molecular weight is 978 g/mol. The summed E-state index contributed by atoms with van der Waals surface area (Å²) in [6, 6.07) is 63.0. The normalized spacial score (nSPS) is 18.0. The zero-order valence-electron chi connectivity index (χ0n) is 33.9. The van der Waals surface area contributed by atoms with Crippen molar-refractivity contribution in [2.24, 2.45) is 0 Å². The summed E-state index contributed by atoms with van der Waals surface area (Å²) in [6.45, 7) is 0. The van der Waals surface area contributed by atoms with Crippen molar-refractivity contribution in [3.05, 3.63) is 265 Å². The molecule has 314 valence electrons. The summed E-state index contributed by atoms with van der Waals surface area (Å²) in [7, 11) is 0.304. The third kappa shape index (κ3) is 6.86. The van der Waals surface area contributed by atoms with E-state index in [9.17, 15) is 0 Å². The molecule has 0 bridgehead atoms. The van der Waals surface area contributed by atoms with Crippen molar-refractivity contribution in [1.29, 1.82) is 0 Å². The van der Waals surface area contributed by atoms with Gasteiger partial charge in [0.25, 0.3) is 22.2 Å². The first-order valence-corrected chi connectivity index (χ1v) is 25.5. The van der Waals surface area contributed by atoms with E-state index in [4.69, 9.17) is 0 Å². The van der Waals surface area contributed by atoms with Gasteiger partial charge in [0.1, 0.15) is 10.6 Å². The van der Waals surface area contributed by atoms with Crippen LogP contribution in [0.2, 0.25) is 0 Å². The van der Waals surface area contributed by atoms with Crippen LogP contribution in [0.15, 0.2) is 213 Å². The van der Waals surface area contributed by atoms with Crippen molar-refractivity contribution in [3.8, 4) is 0 Å². The topological polar surface area (TPSA) is 88.0 Å². The van der Waals surface area contributed by atoms with Gasteiger partial charge in [-0.25, -0.2) is 0 Å². The van der Waals surface area contributed by atoms with Crippen LogP contribution < -0.4 is 32.8 Å². The average Bonchev–Trinajstić information content (AvgIpc) is 3.90. The van der Waals surface area contributed by atoms with E-state index in [1.165, 1.54) is 0 Å². The van der Waals surface area contributed by atoms with E-state index < -0.39 is 39.0 Å². The van der Waals surface area contributed by atoms with Crippen molar-refractivity contribution < 1.29 is 18.2 Å². The van der Waals surface area contributed by atoms with Crippen LogP contribution in [0.25, 0.3) is 21.5 Å². The molecule has 9 aromatic rings. The molecule has 2 aromatic heterocycles. The van der Waals surface area contributed by atoms with E-state index in [1.807, 2.05) is 97.1 Å². The first-order chi connectivity index (χ1) is 30.5. The van der Waals surface area contributed by atoms with Crippen molar-refractivity contribution in [2.75, 3.05) is 0 Å². The number of nitrogens with zero attached hydrogens (tertiary/aromatic N) is 4. The van der Waals surface area contributed by atoms with Crippen LogP contribution >= 0.6 is 25.4 Å². The zero-order valence-corrected chi connectivity index (χ0v) is 38.2. The van der Waals surface area contributed by atoms with E-state index in [0.29, 0.717) is 21.5 Å². The van der Waals surface area contributed by atoms with Crippen molar-refractivity contribution in [1.82, 2.24) is 18.7 Å². The number of benzene rings is 7. The van der Waals surface area contributed by atoms with Gasteiger partial charge < -0.3 is 7.43 Å². The van der Waals surface area contributed by atoms with Crippen LogP contribution in [0, 0.1) is 7.43 Å². The molecule has 63 heavy (non-hydrogen) atoms. The predicted octanol–water partition coefficient (Wildman–Crippen LogP) is 9.07. The fourth-order valence-corrected chi connectivity index (χ4v) is 18.0. The Morgan fingerprint density at radius 3 is 0.730 bits per heavy atom. The minimum absolute atomic E-state index is 0. The van der Waals surface area contributed by atoms with Crippen LogP contribution in [0.5, 0.6) is 0 Å². The number of rotatable bonds is 6. The number of hydrogen-bond acceptors (Lipinski definition) is 4. The van der Waals surface area contributed by atoms with E-state index in [1.54, 1.807) is 43.0 Å². The van der Waals surface area contributed by atoms with E-state index >= 15 is 19.2 Å². The molecule has 0 spiro atoms. The van der Waals surface area contributed by atoms with Crippen LogP contribution in [0.1, 0.15) is 45.4 Å². The van der Waals surface area contributed by atoms with Gasteiger partial charge in [-0.1, -0.05) is 158 Å². The molecule has 0 radical (unpaired) electrons. The molecule has 7 aromatic carbocycles. The Balaban J connectivity index is 0.00000166. The third-order valence-corrected chi connectivity index (χ3v) is 19.3. The van der Waals surface area contributed by atoms with Crippen LogP contribution in [-0.2, 0) is 18.2 Å². The van der Waals surface area contributed by atoms with Gasteiger partial charge >= 0.3 is 27.7 Å². The second kappa shape index (κ2) is 17.8. The Kier molecular flexibility index (Phi) is 12.0. The maximum absolute atomic E-state index is 15.0. The minimum atomic E-state index is -2.09. The Labute approximate surface area is 380 Å². The summed E-state index contributed by atoms with van der Waals surface area (Å²) in [4.78, 5) is 60.1. The molecule has 2 aliphatic heterocycles. The molecular weight excluding hydrogens is 936 g/mol. The van der Waals surface area contributed by atoms with Crippen LogP contribution in [0.4, 0.5) is 0 Å². The van der Waals surface area contributed by atoms with Crippen LogP contribution in [-0.4, -0.2) is 18.7 Å². The number of halogens is 1. The van der Waals surface area contributed by atoms with Gasteiger partial charge in [0, 0.05) is 22.3 Å². The van der Waals surface area contributed by atoms with Crippen LogP contribution in [0.3, 0.4) is 0 Å². The standard InChI is InChI=1S/C50H36N4O4P2.CH3.ClH.Pd/c55-43-37-27-13-14-28-38(37)44(56)52-48(34-21-7-2-8-22-34)59(47(51(43)52)33-19-5-1-6-20-33)41-31-17-18-32-42(41)60-49(35-23-9-3-10-24-35)53-45(57)39-29-15-16-30-40(39)46(58)54(53)50(60)36-25-11-4-12-26-36;;;/h1-32,47-50H;1H3;1H;/q;-1;;+2/p+1/t47-,48-,49-,50-;;;/m0.../s1. The van der Waals surface area contributed by atoms with E-state index in [0.717, 1.165) is 32.9 Å². The van der Waals surface area contributed by atoms with Gasteiger partial charge in [0.15, 0.2) is 23.1 Å². The molecular formula is C51H41ClN4O4P2Pd+2. The first kappa shape index (κ1) is 42.5. The fraction of sp³-hybridized carbons (Fsp3) is 0.0784. The molecule has 11 rings (SSSR count). The van der Waals surface area contributed by atoms with Crippen molar-refractivity contribution in [2.45, 2.75) is 23.1 Å². The number of hydrogen-bond donors (Lipinski definition) is 0. The van der Waals surface area contributed by atoms with Gasteiger partial charge in [-0.2, -0.15) is 18.7 Å².